The Morgan fingerprint density at radius 1 is 1.32 bits per heavy atom. The standard InChI is InChI=1S/C12H9ClF4NO/c1-18(2)10(6-11(19)12(15,16)17)8-4-3-7(13)5-9(8)14/h3-5H,1-2H3. The van der Waals surface area contributed by atoms with E-state index in [-0.39, 0.29) is 16.3 Å². The minimum Gasteiger partial charge on any atom is -0.376 e. The number of carbonyl (C=O) groups excluding carboxylic acids is 1. The molecule has 0 aliphatic heterocycles. The smallest absolute Gasteiger partial charge is 0.376 e. The summed E-state index contributed by atoms with van der Waals surface area (Å²) in [6.07, 6.45) is -3.42. The molecule has 0 saturated carbocycles. The van der Waals surface area contributed by atoms with Crippen LogP contribution in [0.5, 0.6) is 0 Å². The fraction of sp³-hybridized carbons (Fsp3) is 0.250. The van der Waals surface area contributed by atoms with Crippen LogP contribution in [0.4, 0.5) is 17.6 Å². The molecule has 1 rings (SSSR count). The summed E-state index contributed by atoms with van der Waals surface area (Å²) in [7, 11) is 2.75. The van der Waals surface area contributed by atoms with Crippen molar-refractivity contribution < 1.29 is 22.4 Å². The average molecular weight is 295 g/mol. The lowest BCUT2D eigenvalue weighted by atomic mass is 10.1. The van der Waals surface area contributed by atoms with Crippen molar-refractivity contribution in [2.24, 2.45) is 0 Å². The third-order valence-electron chi connectivity index (χ3n) is 2.12. The lowest BCUT2D eigenvalue weighted by Crippen LogP contribution is -2.23. The molecule has 0 aliphatic rings. The van der Waals surface area contributed by atoms with Gasteiger partial charge in [-0.1, -0.05) is 11.6 Å². The van der Waals surface area contributed by atoms with Gasteiger partial charge in [0.15, 0.2) is 0 Å². The first-order valence-corrected chi connectivity index (χ1v) is 5.38. The number of alkyl halides is 3. The van der Waals surface area contributed by atoms with Crippen LogP contribution in [0.1, 0.15) is 5.56 Å². The molecule has 1 aromatic carbocycles. The number of hydrogen-bond donors (Lipinski definition) is 0. The number of ketones is 1. The third kappa shape index (κ3) is 3.96. The summed E-state index contributed by atoms with van der Waals surface area (Å²) in [5.74, 6) is -3.01. The van der Waals surface area contributed by atoms with Crippen molar-refractivity contribution in [2.45, 2.75) is 6.18 Å². The van der Waals surface area contributed by atoms with E-state index in [1.54, 1.807) is 6.08 Å². The topological polar surface area (TPSA) is 20.3 Å². The maximum Gasteiger partial charge on any atom is 0.454 e. The molecule has 0 unspecified atom stereocenters. The molecule has 103 valence electrons. The van der Waals surface area contributed by atoms with Gasteiger partial charge in [-0.05, 0) is 18.2 Å². The molecule has 0 bridgehead atoms. The Hall–Kier alpha value is -1.56. The largest absolute Gasteiger partial charge is 0.454 e. The molecule has 2 nitrogen and oxygen atoms in total. The third-order valence-corrected chi connectivity index (χ3v) is 2.36. The van der Waals surface area contributed by atoms with Gasteiger partial charge in [-0.25, -0.2) is 4.39 Å². The van der Waals surface area contributed by atoms with E-state index in [1.165, 1.54) is 26.2 Å². The number of carbonyl (C=O) groups is 1. The van der Waals surface area contributed by atoms with Crippen LogP contribution in [0.15, 0.2) is 18.2 Å². The second-order valence-corrected chi connectivity index (χ2v) is 4.26. The average Bonchev–Trinajstić information content (AvgIpc) is 2.24. The Kier molecular flexibility index (Phi) is 4.57. The first-order chi connectivity index (χ1) is 8.62. The number of nitrogens with zero attached hydrogens (tertiary/aromatic N) is 1. The molecule has 0 aliphatic carbocycles. The van der Waals surface area contributed by atoms with Gasteiger partial charge in [0.25, 0.3) is 5.78 Å². The van der Waals surface area contributed by atoms with Crippen molar-refractivity contribution in [2.75, 3.05) is 14.1 Å². The SMILES string of the molecule is CN(C)/C(=[C]\C(=O)C(F)(F)F)c1ccc(Cl)cc1F. The van der Waals surface area contributed by atoms with Crippen molar-refractivity contribution >= 4 is 23.1 Å². The summed E-state index contributed by atoms with van der Waals surface area (Å²) in [6, 6.07) is 3.44. The summed E-state index contributed by atoms with van der Waals surface area (Å²) in [5, 5.41) is 0.0986. The second kappa shape index (κ2) is 5.61. The van der Waals surface area contributed by atoms with E-state index >= 15 is 0 Å². The first-order valence-electron chi connectivity index (χ1n) is 5.01. The van der Waals surface area contributed by atoms with Crippen molar-refractivity contribution in [1.29, 1.82) is 0 Å². The Balaban J connectivity index is 3.29. The summed E-state index contributed by atoms with van der Waals surface area (Å²) < 4.78 is 50.2. The lowest BCUT2D eigenvalue weighted by Gasteiger charge is -2.18. The van der Waals surface area contributed by atoms with Crippen LogP contribution in [-0.4, -0.2) is 31.0 Å². The molecule has 0 N–H and O–H groups in total. The molecule has 0 fully saturated rings. The highest BCUT2D eigenvalue weighted by atomic mass is 35.5. The zero-order chi connectivity index (χ0) is 14.8. The van der Waals surface area contributed by atoms with Crippen molar-refractivity contribution in [1.82, 2.24) is 4.90 Å². The van der Waals surface area contributed by atoms with Gasteiger partial charge in [-0.15, -0.1) is 0 Å². The minimum atomic E-state index is -5.05. The fourth-order valence-electron chi connectivity index (χ4n) is 1.28. The predicted octanol–water partition coefficient (Wildman–Crippen LogP) is 3.32. The molecular formula is C12H9ClF4NO. The van der Waals surface area contributed by atoms with Gasteiger partial charge in [0.05, 0.1) is 11.8 Å². The molecule has 0 atom stereocenters. The van der Waals surface area contributed by atoms with Gasteiger partial charge < -0.3 is 4.90 Å². The zero-order valence-corrected chi connectivity index (χ0v) is 10.7. The summed E-state index contributed by atoms with van der Waals surface area (Å²) in [5.41, 5.74) is -0.497. The van der Waals surface area contributed by atoms with Crippen LogP contribution in [-0.2, 0) is 4.79 Å². The van der Waals surface area contributed by atoms with E-state index in [1.807, 2.05) is 0 Å². The molecule has 0 saturated heterocycles. The van der Waals surface area contributed by atoms with Crippen LogP contribution in [0, 0.1) is 11.9 Å². The number of benzene rings is 1. The predicted molar refractivity (Wildman–Crippen MR) is 62.8 cm³/mol. The van der Waals surface area contributed by atoms with Crippen LogP contribution in [0.3, 0.4) is 0 Å². The molecular weight excluding hydrogens is 286 g/mol. The van der Waals surface area contributed by atoms with Crippen LogP contribution < -0.4 is 0 Å². The minimum absolute atomic E-state index is 0.0986. The molecule has 19 heavy (non-hydrogen) atoms. The number of hydrogen-bond acceptors (Lipinski definition) is 2. The fourth-order valence-corrected chi connectivity index (χ4v) is 1.44. The van der Waals surface area contributed by atoms with E-state index in [2.05, 4.69) is 0 Å². The van der Waals surface area contributed by atoms with E-state index in [0.717, 1.165) is 11.0 Å². The highest BCUT2D eigenvalue weighted by Gasteiger charge is 2.37. The molecule has 1 radical (unpaired) electrons. The van der Waals surface area contributed by atoms with E-state index < -0.39 is 17.8 Å². The van der Waals surface area contributed by atoms with E-state index in [0.29, 0.717) is 0 Å². The van der Waals surface area contributed by atoms with Crippen molar-refractivity contribution in [3.05, 3.63) is 40.7 Å². The summed E-state index contributed by atoms with van der Waals surface area (Å²) >= 11 is 5.55. The zero-order valence-electron chi connectivity index (χ0n) is 9.98. The number of rotatable bonds is 3. The number of halogens is 5. The number of Topliss-reactive ketones (excluding diaryl/α,β-unsaturated/α-hetero) is 1. The van der Waals surface area contributed by atoms with Gasteiger partial charge in [-0.2, -0.15) is 13.2 Å². The summed E-state index contributed by atoms with van der Waals surface area (Å²) in [4.78, 5) is 12.1. The van der Waals surface area contributed by atoms with E-state index in [4.69, 9.17) is 11.6 Å². The highest BCUT2D eigenvalue weighted by molar-refractivity contribution is 6.30. The van der Waals surface area contributed by atoms with Gasteiger partial charge in [-0.3, -0.25) is 4.79 Å². The van der Waals surface area contributed by atoms with Gasteiger partial charge in [0.2, 0.25) is 0 Å². The molecule has 7 heteroatoms. The van der Waals surface area contributed by atoms with Gasteiger partial charge in [0, 0.05) is 24.7 Å². The molecule has 0 heterocycles. The molecule has 1 aromatic rings. The number of allylic oxidation sites excluding steroid dienone is 1. The highest BCUT2D eigenvalue weighted by Crippen LogP contribution is 2.25. The van der Waals surface area contributed by atoms with Crippen molar-refractivity contribution in [3.63, 3.8) is 0 Å². The lowest BCUT2D eigenvalue weighted by molar-refractivity contribution is -0.166. The molecule has 0 aromatic heterocycles. The summed E-state index contributed by atoms with van der Waals surface area (Å²) in [6.45, 7) is 0. The van der Waals surface area contributed by atoms with Gasteiger partial charge >= 0.3 is 6.18 Å². The maximum atomic E-state index is 13.6. The quantitative estimate of drug-likeness (QED) is 0.630. The van der Waals surface area contributed by atoms with Crippen LogP contribution in [0.2, 0.25) is 5.02 Å². The Morgan fingerprint density at radius 3 is 2.32 bits per heavy atom. The second-order valence-electron chi connectivity index (χ2n) is 3.82. The molecule has 0 amide bonds. The normalized spacial score (nSPS) is 12.5. The Labute approximate surface area is 112 Å². The molecule has 0 spiro atoms. The van der Waals surface area contributed by atoms with E-state index in [9.17, 15) is 22.4 Å². The first kappa shape index (κ1) is 15.5. The maximum absolute atomic E-state index is 13.6. The monoisotopic (exact) mass is 294 g/mol. The van der Waals surface area contributed by atoms with Gasteiger partial charge in [0.1, 0.15) is 5.82 Å². The Morgan fingerprint density at radius 2 is 1.89 bits per heavy atom. The van der Waals surface area contributed by atoms with Crippen LogP contribution >= 0.6 is 11.6 Å². The Bertz CT molecular complexity index is 523. The van der Waals surface area contributed by atoms with Crippen LogP contribution in [0.25, 0.3) is 5.70 Å². The van der Waals surface area contributed by atoms with Crippen molar-refractivity contribution in [3.8, 4) is 0 Å².